The molecule has 6 heteroatoms. The van der Waals surface area contributed by atoms with Crippen LogP contribution in [0.4, 0.5) is 10.1 Å². The van der Waals surface area contributed by atoms with Crippen molar-refractivity contribution in [1.29, 1.82) is 0 Å². The van der Waals surface area contributed by atoms with Gasteiger partial charge in [0.05, 0.1) is 23.5 Å². The molecular weight excluding hydrogens is 297 g/mol. The number of carboxylic acid groups (broad SMARTS) is 1. The molecule has 0 aliphatic heterocycles. The number of nitrogens with zero attached hydrogens (tertiary/aromatic N) is 1. The number of carbonyl (C=O) groups is 1. The fourth-order valence-corrected chi connectivity index (χ4v) is 2.21. The topological polar surface area (TPSA) is 78.0 Å². The minimum absolute atomic E-state index is 0.357. The van der Waals surface area contributed by atoms with Gasteiger partial charge < -0.3 is 10.4 Å². The molecule has 0 saturated carbocycles. The average molecular weight is 311 g/mol. The lowest BCUT2D eigenvalue weighted by molar-refractivity contribution is 0.0692. The molecule has 0 amide bonds. The summed E-state index contributed by atoms with van der Waals surface area (Å²) in [5.74, 6) is -2.05. The summed E-state index contributed by atoms with van der Waals surface area (Å²) in [4.78, 5) is 10.9. The van der Waals surface area contributed by atoms with Gasteiger partial charge in [-0.05, 0) is 24.3 Å². The van der Waals surface area contributed by atoms with E-state index in [0.29, 0.717) is 12.2 Å². The summed E-state index contributed by atoms with van der Waals surface area (Å²) in [6, 6.07) is 15.6. The zero-order valence-corrected chi connectivity index (χ0v) is 12.1. The Morgan fingerprint density at radius 1 is 1.17 bits per heavy atom. The molecule has 0 bridgehead atoms. The van der Waals surface area contributed by atoms with Crippen molar-refractivity contribution in [2.24, 2.45) is 0 Å². The third-order valence-corrected chi connectivity index (χ3v) is 3.38. The van der Waals surface area contributed by atoms with Crippen LogP contribution in [-0.4, -0.2) is 21.3 Å². The number of H-pyrrole nitrogens is 1. The van der Waals surface area contributed by atoms with E-state index >= 15 is 0 Å². The van der Waals surface area contributed by atoms with Crippen LogP contribution < -0.4 is 5.32 Å². The number of aromatic carboxylic acids is 1. The van der Waals surface area contributed by atoms with Crippen LogP contribution in [0.25, 0.3) is 11.3 Å². The SMILES string of the molecule is O=C(O)c1cc(NCc2cc(-c3ccccc3)n[nH]2)ccc1F. The van der Waals surface area contributed by atoms with Gasteiger partial charge in [0.1, 0.15) is 5.82 Å². The third kappa shape index (κ3) is 3.37. The first-order valence-corrected chi connectivity index (χ1v) is 7.00. The summed E-state index contributed by atoms with van der Waals surface area (Å²) >= 11 is 0. The van der Waals surface area contributed by atoms with Crippen molar-refractivity contribution < 1.29 is 14.3 Å². The van der Waals surface area contributed by atoms with Crippen LogP contribution in [0, 0.1) is 5.82 Å². The first-order chi connectivity index (χ1) is 11.1. The van der Waals surface area contributed by atoms with Crippen LogP contribution in [0.1, 0.15) is 16.1 Å². The molecule has 3 N–H and O–H groups in total. The van der Waals surface area contributed by atoms with Gasteiger partial charge in [-0.2, -0.15) is 5.10 Å². The number of nitrogens with one attached hydrogen (secondary N) is 2. The summed E-state index contributed by atoms with van der Waals surface area (Å²) in [6.45, 7) is 0.421. The highest BCUT2D eigenvalue weighted by atomic mass is 19.1. The lowest BCUT2D eigenvalue weighted by Crippen LogP contribution is -2.04. The van der Waals surface area contributed by atoms with E-state index in [1.807, 2.05) is 36.4 Å². The largest absolute Gasteiger partial charge is 0.478 e. The molecule has 3 aromatic rings. The minimum atomic E-state index is -1.29. The molecule has 1 aromatic heterocycles. The quantitative estimate of drug-likeness (QED) is 0.673. The second-order valence-electron chi connectivity index (χ2n) is 5.00. The number of benzene rings is 2. The fraction of sp³-hybridized carbons (Fsp3) is 0.0588. The highest BCUT2D eigenvalue weighted by Crippen LogP contribution is 2.19. The van der Waals surface area contributed by atoms with Crippen molar-refractivity contribution >= 4 is 11.7 Å². The first kappa shape index (κ1) is 14.8. The Morgan fingerprint density at radius 2 is 1.96 bits per heavy atom. The number of rotatable bonds is 5. The van der Waals surface area contributed by atoms with E-state index in [-0.39, 0.29) is 5.56 Å². The van der Waals surface area contributed by atoms with Crippen LogP contribution in [0.2, 0.25) is 0 Å². The molecule has 0 saturated heterocycles. The minimum Gasteiger partial charge on any atom is -0.478 e. The number of aromatic amines is 1. The van der Waals surface area contributed by atoms with Gasteiger partial charge in [-0.1, -0.05) is 30.3 Å². The van der Waals surface area contributed by atoms with E-state index in [1.165, 1.54) is 12.1 Å². The summed E-state index contributed by atoms with van der Waals surface area (Å²) in [5.41, 5.74) is 2.84. The van der Waals surface area contributed by atoms with Crippen molar-refractivity contribution in [3.05, 3.63) is 71.7 Å². The van der Waals surface area contributed by atoms with E-state index in [4.69, 9.17) is 5.11 Å². The van der Waals surface area contributed by atoms with Crippen LogP contribution in [0.5, 0.6) is 0 Å². The predicted octanol–water partition coefficient (Wildman–Crippen LogP) is 3.53. The fourth-order valence-electron chi connectivity index (χ4n) is 2.21. The van der Waals surface area contributed by atoms with Gasteiger partial charge >= 0.3 is 5.97 Å². The van der Waals surface area contributed by atoms with Gasteiger partial charge in [0, 0.05) is 11.3 Å². The maximum atomic E-state index is 13.3. The maximum Gasteiger partial charge on any atom is 0.338 e. The molecule has 5 nitrogen and oxygen atoms in total. The summed E-state index contributed by atoms with van der Waals surface area (Å²) in [6.07, 6.45) is 0. The highest BCUT2D eigenvalue weighted by Gasteiger charge is 2.11. The molecule has 0 unspecified atom stereocenters. The zero-order chi connectivity index (χ0) is 16.2. The molecule has 116 valence electrons. The molecule has 1 heterocycles. The Kier molecular flexibility index (Phi) is 4.05. The third-order valence-electron chi connectivity index (χ3n) is 3.38. The standard InChI is InChI=1S/C17H14FN3O2/c18-15-7-6-12(8-14(15)17(22)23)19-10-13-9-16(21-20-13)11-4-2-1-3-5-11/h1-9,19H,10H2,(H,20,21)(H,22,23). The molecule has 0 aliphatic carbocycles. The lowest BCUT2D eigenvalue weighted by atomic mass is 10.1. The summed E-state index contributed by atoms with van der Waals surface area (Å²) < 4.78 is 13.3. The van der Waals surface area contributed by atoms with E-state index in [9.17, 15) is 9.18 Å². The Hall–Kier alpha value is -3.15. The van der Waals surface area contributed by atoms with E-state index in [1.54, 1.807) is 0 Å². The Labute approximate surface area is 131 Å². The van der Waals surface area contributed by atoms with Crippen LogP contribution in [0.15, 0.2) is 54.6 Å². The molecule has 0 fully saturated rings. The van der Waals surface area contributed by atoms with Crippen molar-refractivity contribution in [2.45, 2.75) is 6.54 Å². The number of halogens is 1. The molecule has 0 atom stereocenters. The molecule has 23 heavy (non-hydrogen) atoms. The second-order valence-corrected chi connectivity index (χ2v) is 5.00. The normalized spacial score (nSPS) is 10.5. The van der Waals surface area contributed by atoms with Gasteiger partial charge in [0.15, 0.2) is 0 Å². The molecule has 3 rings (SSSR count). The molecule has 0 radical (unpaired) electrons. The zero-order valence-electron chi connectivity index (χ0n) is 12.1. The van der Waals surface area contributed by atoms with E-state index in [0.717, 1.165) is 23.0 Å². The van der Waals surface area contributed by atoms with Crippen molar-refractivity contribution in [3.63, 3.8) is 0 Å². The molecule has 0 spiro atoms. The summed E-state index contributed by atoms with van der Waals surface area (Å²) in [5, 5.41) is 19.1. The van der Waals surface area contributed by atoms with E-state index < -0.39 is 11.8 Å². The Morgan fingerprint density at radius 3 is 2.70 bits per heavy atom. The van der Waals surface area contributed by atoms with E-state index in [2.05, 4.69) is 15.5 Å². The van der Waals surface area contributed by atoms with Crippen LogP contribution >= 0.6 is 0 Å². The van der Waals surface area contributed by atoms with Gasteiger partial charge in [-0.3, -0.25) is 5.10 Å². The van der Waals surface area contributed by atoms with Crippen molar-refractivity contribution in [2.75, 3.05) is 5.32 Å². The van der Waals surface area contributed by atoms with Gasteiger partial charge in [0.2, 0.25) is 0 Å². The van der Waals surface area contributed by atoms with Crippen molar-refractivity contribution in [1.82, 2.24) is 10.2 Å². The van der Waals surface area contributed by atoms with Crippen molar-refractivity contribution in [3.8, 4) is 11.3 Å². The molecule has 2 aromatic carbocycles. The number of hydrogen-bond donors (Lipinski definition) is 3. The molecule has 0 aliphatic rings. The highest BCUT2D eigenvalue weighted by molar-refractivity contribution is 5.89. The second kappa shape index (κ2) is 6.31. The average Bonchev–Trinajstić information content (AvgIpc) is 3.03. The Balaban J connectivity index is 1.71. The first-order valence-electron chi connectivity index (χ1n) is 7.00. The van der Waals surface area contributed by atoms with Gasteiger partial charge in [0.25, 0.3) is 0 Å². The van der Waals surface area contributed by atoms with Gasteiger partial charge in [-0.15, -0.1) is 0 Å². The maximum absolute atomic E-state index is 13.3. The van der Waals surface area contributed by atoms with Gasteiger partial charge in [-0.25, -0.2) is 9.18 Å². The smallest absolute Gasteiger partial charge is 0.338 e. The molecular formula is C17H14FN3O2. The lowest BCUT2D eigenvalue weighted by Gasteiger charge is -2.06. The number of anilines is 1. The number of hydrogen-bond acceptors (Lipinski definition) is 3. The Bertz CT molecular complexity index is 831. The number of carboxylic acids is 1. The van der Waals surface area contributed by atoms with Crippen LogP contribution in [-0.2, 0) is 6.54 Å². The monoisotopic (exact) mass is 311 g/mol. The predicted molar refractivity (Wildman–Crippen MR) is 84.7 cm³/mol. The number of aromatic nitrogens is 2. The van der Waals surface area contributed by atoms with Crippen LogP contribution in [0.3, 0.4) is 0 Å². The summed E-state index contributed by atoms with van der Waals surface area (Å²) in [7, 11) is 0.